The van der Waals surface area contributed by atoms with E-state index >= 15 is 0 Å². The van der Waals surface area contributed by atoms with Gasteiger partial charge in [-0.25, -0.2) is 0 Å². The number of hydrogen-bond donors (Lipinski definition) is 0. The second-order valence-electron chi connectivity index (χ2n) is 4.25. The summed E-state index contributed by atoms with van der Waals surface area (Å²) in [5.74, 6) is 1.74. The van der Waals surface area contributed by atoms with Gasteiger partial charge in [-0.15, -0.1) is 0 Å². The first kappa shape index (κ1) is 11.6. The molecule has 2 heteroatoms. The van der Waals surface area contributed by atoms with Crippen molar-refractivity contribution in [1.82, 2.24) is 0 Å². The lowest BCUT2D eigenvalue weighted by molar-refractivity contribution is 0.415. The van der Waals surface area contributed by atoms with E-state index in [-0.39, 0.29) is 0 Å². The van der Waals surface area contributed by atoms with Gasteiger partial charge in [0.05, 0.1) is 13.4 Å². The average Bonchev–Trinajstić information content (AvgIpc) is 3.01. The van der Waals surface area contributed by atoms with E-state index in [2.05, 4.69) is 24.3 Å². The Morgan fingerprint density at radius 1 is 0.789 bits per heavy atom. The molecular weight excluding hydrogens is 236 g/mol. The lowest BCUT2D eigenvalue weighted by Gasteiger charge is -2.08. The van der Waals surface area contributed by atoms with Crippen molar-refractivity contribution >= 4 is 0 Å². The molecule has 0 saturated carbocycles. The molecule has 0 bridgehead atoms. The Labute approximate surface area is 112 Å². The third kappa shape index (κ3) is 2.25. The summed E-state index contributed by atoms with van der Waals surface area (Å²) in [5, 5.41) is 0. The van der Waals surface area contributed by atoms with Crippen LogP contribution in [-0.4, -0.2) is 7.11 Å². The third-order valence-corrected chi connectivity index (χ3v) is 3.11. The molecule has 2 nitrogen and oxygen atoms in total. The molecule has 0 N–H and O–H groups in total. The van der Waals surface area contributed by atoms with E-state index in [9.17, 15) is 0 Å². The van der Waals surface area contributed by atoms with Crippen LogP contribution in [0, 0.1) is 0 Å². The Hall–Kier alpha value is -2.48. The Morgan fingerprint density at radius 3 is 2.16 bits per heavy atom. The van der Waals surface area contributed by atoms with Gasteiger partial charge in [-0.05, 0) is 35.4 Å². The number of furan rings is 1. The van der Waals surface area contributed by atoms with E-state index < -0.39 is 0 Å². The van der Waals surface area contributed by atoms with Gasteiger partial charge in [0.25, 0.3) is 0 Å². The number of hydrogen-bond acceptors (Lipinski definition) is 2. The van der Waals surface area contributed by atoms with Crippen LogP contribution in [0.1, 0.15) is 0 Å². The molecule has 0 fully saturated rings. The van der Waals surface area contributed by atoms with Crippen LogP contribution < -0.4 is 4.74 Å². The Morgan fingerprint density at radius 2 is 1.53 bits per heavy atom. The zero-order chi connectivity index (χ0) is 13.1. The maximum Gasteiger partial charge on any atom is 0.134 e. The predicted molar refractivity (Wildman–Crippen MR) is 76.1 cm³/mol. The second kappa shape index (κ2) is 5.02. The van der Waals surface area contributed by atoms with Gasteiger partial charge in [-0.1, -0.05) is 36.4 Å². The molecule has 0 radical (unpaired) electrons. The van der Waals surface area contributed by atoms with E-state index in [4.69, 9.17) is 9.15 Å². The summed E-state index contributed by atoms with van der Waals surface area (Å²) in [4.78, 5) is 0. The van der Waals surface area contributed by atoms with Crippen LogP contribution in [0.4, 0.5) is 0 Å². The highest BCUT2D eigenvalue weighted by atomic mass is 16.5. The number of ether oxygens (including phenoxy) is 1. The van der Waals surface area contributed by atoms with Crippen LogP contribution in [0.2, 0.25) is 0 Å². The Bertz CT molecular complexity index is 652. The average molecular weight is 250 g/mol. The van der Waals surface area contributed by atoms with Gasteiger partial charge >= 0.3 is 0 Å². The summed E-state index contributed by atoms with van der Waals surface area (Å²) in [6, 6.07) is 20.1. The normalized spacial score (nSPS) is 10.4. The van der Waals surface area contributed by atoms with Gasteiger partial charge in [-0.3, -0.25) is 0 Å². The Balaban J connectivity index is 2.09. The summed E-state index contributed by atoms with van der Waals surface area (Å²) in [5.41, 5.74) is 3.39. The van der Waals surface area contributed by atoms with E-state index in [0.717, 1.165) is 28.2 Å². The maximum absolute atomic E-state index is 5.50. The van der Waals surface area contributed by atoms with Crippen molar-refractivity contribution in [3.05, 3.63) is 66.9 Å². The predicted octanol–water partition coefficient (Wildman–Crippen LogP) is 4.62. The van der Waals surface area contributed by atoms with Crippen LogP contribution >= 0.6 is 0 Å². The fourth-order valence-corrected chi connectivity index (χ4v) is 2.15. The highest BCUT2D eigenvalue weighted by molar-refractivity contribution is 5.81. The third-order valence-electron chi connectivity index (χ3n) is 3.11. The SMILES string of the molecule is COc1ccc(-c2ccccc2-c2ccco2)cc1. The second-order valence-corrected chi connectivity index (χ2v) is 4.25. The fourth-order valence-electron chi connectivity index (χ4n) is 2.15. The van der Waals surface area contributed by atoms with Gasteiger partial charge in [0.1, 0.15) is 11.5 Å². The van der Waals surface area contributed by atoms with Gasteiger partial charge < -0.3 is 9.15 Å². The summed E-state index contributed by atoms with van der Waals surface area (Å²) in [6.07, 6.45) is 1.69. The molecule has 3 aromatic rings. The van der Waals surface area contributed by atoms with Crippen LogP contribution in [-0.2, 0) is 0 Å². The van der Waals surface area contributed by atoms with Crippen LogP contribution in [0.3, 0.4) is 0 Å². The van der Waals surface area contributed by atoms with Crippen molar-refractivity contribution < 1.29 is 9.15 Å². The zero-order valence-electron chi connectivity index (χ0n) is 10.7. The molecule has 0 saturated heterocycles. The van der Waals surface area contributed by atoms with Crippen molar-refractivity contribution in [2.75, 3.05) is 7.11 Å². The maximum atomic E-state index is 5.50. The highest BCUT2D eigenvalue weighted by Crippen LogP contribution is 2.32. The number of rotatable bonds is 3. The van der Waals surface area contributed by atoms with Crippen LogP contribution in [0.25, 0.3) is 22.5 Å². The number of methoxy groups -OCH3 is 1. The highest BCUT2D eigenvalue weighted by Gasteiger charge is 2.08. The van der Waals surface area contributed by atoms with Gasteiger partial charge in [-0.2, -0.15) is 0 Å². The first-order valence-electron chi connectivity index (χ1n) is 6.16. The van der Waals surface area contributed by atoms with Crippen molar-refractivity contribution in [1.29, 1.82) is 0 Å². The topological polar surface area (TPSA) is 22.4 Å². The Kier molecular flexibility index (Phi) is 3.07. The molecule has 0 aliphatic heterocycles. The molecule has 2 aromatic carbocycles. The molecule has 1 heterocycles. The molecule has 0 unspecified atom stereocenters. The summed E-state index contributed by atoms with van der Waals surface area (Å²) < 4.78 is 10.7. The minimum absolute atomic E-state index is 0.860. The molecule has 94 valence electrons. The van der Waals surface area contributed by atoms with Crippen molar-refractivity contribution in [3.8, 4) is 28.2 Å². The van der Waals surface area contributed by atoms with Crippen LogP contribution in [0.15, 0.2) is 71.3 Å². The van der Waals surface area contributed by atoms with Gasteiger partial charge in [0.2, 0.25) is 0 Å². The molecule has 0 aliphatic carbocycles. The minimum atomic E-state index is 0.860. The van der Waals surface area contributed by atoms with Crippen molar-refractivity contribution in [2.45, 2.75) is 0 Å². The van der Waals surface area contributed by atoms with E-state index in [1.165, 1.54) is 0 Å². The largest absolute Gasteiger partial charge is 0.497 e. The molecule has 1 aromatic heterocycles. The monoisotopic (exact) mass is 250 g/mol. The summed E-state index contributed by atoms with van der Waals surface area (Å²) in [7, 11) is 1.67. The molecule has 0 atom stereocenters. The lowest BCUT2D eigenvalue weighted by Crippen LogP contribution is -1.85. The summed E-state index contributed by atoms with van der Waals surface area (Å²) >= 11 is 0. The fraction of sp³-hybridized carbons (Fsp3) is 0.0588. The molecule has 19 heavy (non-hydrogen) atoms. The molecule has 0 spiro atoms. The van der Waals surface area contributed by atoms with E-state index in [0.29, 0.717) is 0 Å². The smallest absolute Gasteiger partial charge is 0.134 e. The molecule has 0 aliphatic rings. The first-order valence-corrected chi connectivity index (χ1v) is 6.16. The molecular formula is C17H14O2. The van der Waals surface area contributed by atoms with E-state index in [1.54, 1.807) is 13.4 Å². The standard InChI is InChI=1S/C17H14O2/c1-18-14-10-8-13(9-11-14)15-5-2-3-6-16(15)17-7-4-12-19-17/h2-12H,1H3. The molecule has 0 amide bonds. The van der Waals surface area contributed by atoms with Crippen LogP contribution in [0.5, 0.6) is 5.75 Å². The quantitative estimate of drug-likeness (QED) is 0.676. The molecule has 3 rings (SSSR count). The lowest BCUT2D eigenvalue weighted by atomic mass is 9.98. The van der Waals surface area contributed by atoms with Crippen molar-refractivity contribution in [2.24, 2.45) is 0 Å². The zero-order valence-corrected chi connectivity index (χ0v) is 10.7. The van der Waals surface area contributed by atoms with Crippen molar-refractivity contribution in [3.63, 3.8) is 0 Å². The van der Waals surface area contributed by atoms with E-state index in [1.807, 2.05) is 36.4 Å². The summed E-state index contributed by atoms with van der Waals surface area (Å²) in [6.45, 7) is 0. The number of benzene rings is 2. The minimum Gasteiger partial charge on any atom is -0.497 e. The van der Waals surface area contributed by atoms with Gasteiger partial charge in [0.15, 0.2) is 0 Å². The van der Waals surface area contributed by atoms with Gasteiger partial charge in [0, 0.05) is 5.56 Å². The first-order chi connectivity index (χ1) is 9.38.